The van der Waals surface area contributed by atoms with Crippen molar-refractivity contribution in [2.75, 3.05) is 7.11 Å². The van der Waals surface area contributed by atoms with Gasteiger partial charge in [0.2, 0.25) is 0 Å². The van der Waals surface area contributed by atoms with Crippen LogP contribution < -0.4 is 5.32 Å². The molecule has 0 radical (unpaired) electrons. The monoisotopic (exact) mass is 319 g/mol. The van der Waals surface area contributed by atoms with Crippen molar-refractivity contribution in [2.45, 2.75) is 57.7 Å². The second kappa shape index (κ2) is 5.93. The molecule has 0 bridgehead atoms. The number of methoxy groups -OCH3 is 1. The van der Waals surface area contributed by atoms with Crippen molar-refractivity contribution in [1.82, 2.24) is 5.32 Å². The quantitative estimate of drug-likeness (QED) is 0.810. The van der Waals surface area contributed by atoms with Crippen LogP contribution in [0.15, 0.2) is 11.3 Å². The van der Waals surface area contributed by atoms with Crippen molar-refractivity contribution in [3.63, 3.8) is 0 Å². The fourth-order valence-electron chi connectivity index (χ4n) is 3.52. The van der Waals surface area contributed by atoms with Gasteiger partial charge in [-0.1, -0.05) is 19.3 Å². The molecule has 1 N–H and O–H groups in total. The number of esters is 1. The predicted octanol–water partition coefficient (Wildman–Crippen LogP) is 2.88. The molecule has 7 heteroatoms. The fourth-order valence-corrected chi connectivity index (χ4v) is 3.52. The summed E-state index contributed by atoms with van der Waals surface area (Å²) < 4.78 is 43.2. The maximum atomic E-state index is 12.9. The first-order valence-electron chi connectivity index (χ1n) is 7.41. The molecule has 0 aromatic rings. The molecule has 1 saturated carbocycles. The Bertz CT molecular complexity index is 505. The Hall–Kier alpha value is -1.53. The summed E-state index contributed by atoms with van der Waals surface area (Å²) in [6.07, 6.45) is -0.656. The molecule has 2 aliphatic carbocycles. The second-order valence-corrected chi connectivity index (χ2v) is 6.09. The number of Topliss-reactive ketones (excluding diaryl/α,β-unsaturated/α-hetero) is 1. The van der Waals surface area contributed by atoms with E-state index in [-0.39, 0.29) is 11.3 Å². The van der Waals surface area contributed by atoms with E-state index in [2.05, 4.69) is 10.1 Å². The highest BCUT2D eigenvalue weighted by Gasteiger charge is 2.55. The van der Waals surface area contributed by atoms with Gasteiger partial charge >= 0.3 is 12.1 Å². The zero-order chi connectivity index (χ0) is 16.5. The van der Waals surface area contributed by atoms with Crippen molar-refractivity contribution in [2.24, 2.45) is 5.41 Å². The SMILES string of the molecule is COC(=O)C(C)NC1=C(C(=O)C(F)(F)F)C2(CCCCC2)C1. The maximum absolute atomic E-state index is 12.9. The summed E-state index contributed by atoms with van der Waals surface area (Å²) in [5, 5.41) is 2.73. The van der Waals surface area contributed by atoms with E-state index in [4.69, 9.17) is 0 Å². The molecular weight excluding hydrogens is 299 g/mol. The van der Waals surface area contributed by atoms with Crippen LogP contribution in [0.25, 0.3) is 0 Å². The number of carbonyl (C=O) groups excluding carboxylic acids is 2. The highest BCUT2D eigenvalue weighted by molar-refractivity contribution is 6.03. The van der Waals surface area contributed by atoms with Gasteiger partial charge < -0.3 is 10.1 Å². The highest BCUT2D eigenvalue weighted by atomic mass is 19.4. The molecule has 0 aromatic carbocycles. The number of allylic oxidation sites excluding steroid dienone is 2. The van der Waals surface area contributed by atoms with E-state index in [9.17, 15) is 22.8 Å². The van der Waals surface area contributed by atoms with Crippen molar-refractivity contribution in [1.29, 1.82) is 0 Å². The second-order valence-electron chi connectivity index (χ2n) is 6.09. The van der Waals surface area contributed by atoms with Crippen LogP contribution in [0.2, 0.25) is 0 Å². The zero-order valence-electron chi connectivity index (χ0n) is 12.7. The highest BCUT2D eigenvalue weighted by Crippen LogP contribution is 2.56. The first kappa shape index (κ1) is 16.8. The lowest BCUT2D eigenvalue weighted by atomic mass is 9.57. The minimum Gasteiger partial charge on any atom is -0.467 e. The van der Waals surface area contributed by atoms with E-state index in [1.165, 1.54) is 14.0 Å². The zero-order valence-corrected chi connectivity index (χ0v) is 12.7. The predicted molar refractivity (Wildman–Crippen MR) is 72.8 cm³/mol. The molecule has 1 fully saturated rings. The number of nitrogens with one attached hydrogen (secondary N) is 1. The summed E-state index contributed by atoms with van der Waals surface area (Å²) in [4.78, 5) is 23.2. The van der Waals surface area contributed by atoms with E-state index < -0.39 is 29.4 Å². The molecule has 22 heavy (non-hydrogen) atoms. The maximum Gasteiger partial charge on any atom is 0.454 e. The summed E-state index contributed by atoms with van der Waals surface area (Å²) in [5.41, 5.74) is -0.596. The van der Waals surface area contributed by atoms with Gasteiger partial charge in [0.1, 0.15) is 6.04 Å². The van der Waals surface area contributed by atoms with Gasteiger partial charge in [0.15, 0.2) is 0 Å². The van der Waals surface area contributed by atoms with Crippen molar-refractivity contribution in [3.8, 4) is 0 Å². The Morgan fingerprint density at radius 2 is 1.82 bits per heavy atom. The van der Waals surface area contributed by atoms with E-state index >= 15 is 0 Å². The Morgan fingerprint density at radius 1 is 1.23 bits per heavy atom. The molecule has 2 rings (SSSR count). The molecule has 0 heterocycles. The number of ether oxygens (including phenoxy) is 1. The van der Waals surface area contributed by atoms with Crippen LogP contribution in [0.1, 0.15) is 45.4 Å². The van der Waals surface area contributed by atoms with Crippen molar-refractivity contribution < 1.29 is 27.5 Å². The molecule has 0 saturated heterocycles. The number of alkyl halides is 3. The van der Waals surface area contributed by atoms with Gasteiger partial charge in [-0.3, -0.25) is 4.79 Å². The van der Waals surface area contributed by atoms with Gasteiger partial charge in [0, 0.05) is 16.7 Å². The molecule has 4 nitrogen and oxygen atoms in total. The summed E-state index contributed by atoms with van der Waals surface area (Å²) >= 11 is 0. The Balaban J connectivity index is 2.28. The number of halogens is 3. The minimum absolute atomic E-state index is 0.171. The number of rotatable bonds is 4. The van der Waals surface area contributed by atoms with Crippen molar-refractivity contribution >= 4 is 11.8 Å². The van der Waals surface area contributed by atoms with E-state index in [1.54, 1.807) is 0 Å². The van der Waals surface area contributed by atoms with Crippen LogP contribution in [0.5, 0.6) is 0 Å². The lowest BCUT2D eigenvalue weighted by Crippen LogP contribution is -2.49. The average molecular weight is 319 g/mol. The van der Waals surface area contributed by atoms with Crippen LogP contribution >= 0.6 is 0 Å². The molecule has 0 amide bonds. The van der Waals surface area contributed by atoms with Gasteiger partial charge in [0.05, 0.1) is 7.11 Å². The molecule has 1 atom stereocenters. The fraction of sp³-hybridized carbons (Fsp3) is 0.733. The minimum atomic E-state index is -4.89. The third-order valence-corrected chi connectivity index (χ3v) is 4.59. The topological polar surface area (TPSA) is 55.4 Å². The third kappa shape index (κ3) is 2.98. The average Bonchev–Trinajstić information content (AvgIpc) is 2.45. The van der Waals surface area contributed by atoms with Crippen LogP contribution in [0, 0.1) is 5.41 Å². The van der Waals surface area contributed by atoms with Crippen LogP contribution in [-0.2, 0) is 14.3 Å². The van der Waals surface area contributed by atoms with Gasteiger partial charge in [-0.25, -0.2) is 4.79 Å². The Morgan fingerprint density at radius 3 is 2.32 bits per heavy atom. The molecule has 1 spiro atoms. The van der Waals surface area contributed by atoms with Crippen LogP contribution in [0.4, 0.5) is 13.2 Å². The van der Waals surface area contributed by atoms with Gasteiger partial charge in [-0.2, -0.15) is 13.2 Å². The molecule has 124 valence electrons. The summed E-state index contributed by atoms with van der Waals surface area (Å²) in [5.74, 6) is -2.35. The molecule has 2 aliphatic rings. The molecule has 1 unspecified atom stereocenters. The Labute approximate surface area is 127 Å². The first-order valence-corrected chi connectivity index (χ1v) is 7.41. The third-order valence-electron chi connectivity index (χ3n) is 4.59. The Kier molecular flexibility index (Phi) is 4.54. The first-order chi connectivity index (χ1) is 10.2. The standard InChI is InChI=1S/C15H20F3NO3/c1-9(13(21)22-2)19-10-8-14(6-4-3-5-7-14)11(10)12(20)15(16,17)18/h9,19H,3-8H2,1-2H3. The molecule has 0 aliphatic heterocycles. The lowest BCUT2D eigenvalue weighted by Gasteiger charge is -2.48. The number of hydrogen-bond acceptors (Lipinski definition) is 4. The summed E-state index contributed by atoms with van der Waals surface area (Å²) in [6, 6.07) is -0.781. The van der Waals surface area contributed by atoms with Crippen molar-refractivity contribution in [3.05, 3.63) is 11.3 Å². The summed E-state index contributed by atoms with van der Waals surface area (Å²) in [6.45, 7) is 1.50. The summed E-state index contributed by atoms with van der Waals surface area (Å²) in [7, 11) is 1.21. The van der Waals surface area contributed by atoms with Crippen LogP contribution in [0.3, 0.4) is 0 Å². The van der Waals surface area contributed by atoms with Gasteiger partial charge in [0.25, 0.3) is 5.78 Å². The van der Waals surface area contributed by atoms with E-state index in [1.807, 2.05) is 0 Å². The normalized spacial score (nSPS) is 22.0. The number of ketones is 1. The molecule has 0 aromatic heterocycles. The number of carbonyl (C=O) groups is 2. The smallest absolute Gasteiger partial charge is 0.454 e. The molecular formula is C15H20F3NO3. The van der Waals surface area contributed by atoms with Gasteiger partial charge in [-0.15, -0.1) is 0 Å². The lowest BCUT2D eigenvalue weighted by molar-refractivity contribution is -0.169. The number of hydrogen-bond donors (Lipinski definition) is 1. The van der Waals surface area contributed by atoms with Gasteiger partial charge in [-0.05, 0) is 26.2 Å². The van der Waals surface area contributed by atoms with Crippen LogP contribution in [-0.4, -0.2) is 31.1 Å². The van der Waals surface area contributed by atoms with E-state index in [0.29, 0.717) is 19.3 Å². The van der Waals surface area contributed by atoms with E-state index in [0.717, 1.165) is 19.3 Å². The largest absolute Gasteiger partial charge is 0.467 e.